The van der Waals surface area contributed by atoms with Gasteiger partial charge in [0.15, 0.2) is 5.78 Å². The largest absolute Gasteiger partial charge is 0.301 e. The van der Waals surface area contributed by atoms with Crippen LogP contribution in [0.4, 0.5) is 11.4 Å². The molecule has 0 atom stereocenters. The Bertz CT molecular complexity index is 1210. The molecule has 5 nitrogen and oxygen atoms in total. The van der Waals surface area contributed by atoms with Gasteiger partial charge in [-0.15, -0.1) is 0 Å². The molecule has 4 rings (SSSR count). The van der Waals surface area contributed by atoms with Crippen molar-refractivity contribution in [2.75, 3.05) is 11.4 Å². The number of halogens is 2. The van der Waals surface area contributed by atoms with Gasteiger partial charge in [-0.1, -0.05) is 59.2 Å². The number of fused-ring (bicyclic) bond motifs is 2. The van der Waals surface area contributed by atoms with E-state index in [0.717, 1.165) is 21.0 Å². The fraction of sp³-hybridized carbons (Fsp3) is 0.0870. The molecule has 0 spiro atoms. The topological polar surface area (TPSA) is 61.8 Å². The van der Waals surface area contributed by atoms with E-state index in [4.69, 9.17) is 23.2 Å². The molecule has 156 valence electrons. The molecule has 3 aromatic rings. The van der Waals surface area contributed by atoms with Crippen molar-refractivity contribution in [3.63, 3.8) is 0 Å². The molecular weight excluding hydrogens is 453 g/mol. The van der Waals surface area contributed by atoms with Gasteiger partial charge in [0.1, 0.15) is 6.54 Å². The summed E-state index contributed by atoms with van der Waals surface area (Å²) in [7, 11) is 0. The molecule has 8 heteroatoms. The van der Waals surface area contributed by atoms with Gasteiger partial charge in [0.05, 0.1) is 27.6 Å². The first-order valence-corrected chi connectivity index (χ1v) is 11.0. The first-order chi connectivity index (χ1) is 14.9. The maximum absolute atomic E-state index is 13.2. The maximum Gasteiger partial charge on any atom is 0.252 e. The van der Waals surface area contributed by atoms with Crippen molar-refractivity contribution in [2.24, 2.45) is 5.10 Å². The van der Waals surface area contributed by atoms with E-state index in [1.54, 1.807) is 53.2 Å². The Morgan fingerprint density at radius 2 is 1.77 bits per heavy atom. The first-order valence-electron chi connectivity index (χ1n) is 9.40. The Morgan fingerprint density at radius 1 is 1.00 bits per heavy atom. The lowest BCUT2D eigenvalue weighted by molar-refractivity contribution is -0.117. The standard InChI is InChI=1S/C23H17Cl2N3O2S/c1-14(29)16-7-9-22-20(11-16)28(19-4-2-3-5-21(19)31-22)23(30)13-27-26-12-15-6-8-17(24)18(25)10-15/h2-12,27H,13H2,1H3/b26-12+. The number of ketones is 1. The summed E-state index contributed by atoms with van der Waals surface area (Å²) in [6.45, 7) is 1.48. The molecular formula is C23H17Cl2N3O2S. The van der Waals surface area contributed by atoms with Crippen molar-refractivity contribution in [3.8, 4) is 0 Å². The minimum Gasteiger partial charge on any atom is -0.301 e. The summed E-state index contributed by atoms with van der Waals surface area (Å²) in [5, 5.41) is 5.02. The minimum atomic E-state index is -0.194. The number of rotatable bonds is 5. The number of carbonyl (C=O) groups excluding carboxylic acids is 2. The Morgan fingerprint density at radius 3 is 2.55 bits per heavy atom. The van der Waals surface area contributed by atoms with Crippen molar-refractivity contribution in [1.82, 2.24) is 5.43 Å². The summed E-state index contributed by atoms with van der Waals surface area (Å²) >= 11 is 13.5. The number of hydrazone groups is 1. The average molecular weight is 470 g/mol. The molecule has 0 bridgehead atoms. The highest BCUT2D eigenvalue weighted by molar-refractivity contribution is 7.99. The van der Waals surface area contributed by atoms with E-state index in [1.165, 1.54) is 6.92 Å². The molecule has 1 heterocycles. The fourth-order valence-corrected chi connectivity index (χ4v) is 4.49. The van der Waals surface area contributed by atoms with E-state index in [-0.39, 0.29) is 18.2 Å². The number of hydrogen-bond acceptors (Lipinski definition) is 5. The molecule has 0 saturated carbocycles. The molecule has 31 heavy (non-hydrogen) atoms. The van der Waals surface area contributed by atoms with Gasteiger partial charge in [0.25, 0.3) is 5.91 Å². The van der Waals surface area contributed by atoms with E-state index in [0.29, 0.717) is 21.3 Å². The lowest BCUT2D eigenvalue weighted by Gasteiger charge is -2.31. The van der Waals surface area contributed by atoms with Gasteiger partial charge in [-0.3, -0.25) is 14.5 Å². The zero-order valence-electron chi connectivity index (χ0n) is 16.4. The van der Waals surface area contributed by atoms with Crippen LogP contribution in [0.1, 0.15) is 22.8 Å². The average Bonchev–Trinajstić information content (AvgIpc) is 2.76. The number of nitrogens with one attached hydrogen (secondary N) is 1. The quantitative estimate of drug-likeness (QED) is 0.285. The Labute approximate surface area is 194 Å². The highest BCUT2D eigenvalue weighted by Crippen LogP contribution is 2.48. The van der Waals surface area contributed by atoms with Crippen LogP contribution in [-0.4, -0.2) is 24.4 Å². The molecule has 0 aromatic heterocycles. The summed E-state index contributed by atoms with van der Waals surface area (Å²) in [6.07, 6.45) is 1.57. The Hall–Kier alpha value is -2.80. The molecule has 1 N–H and O–H groups in total. The summed E-state index contributed by atoms with van der Waals surface area (Å²) in [4.78, 5) is 28.6. The number of amides is 1. The summed E-state index contributed by atoms with van der Waals surface area (Å²) in [6, 6.07) is 18.2. The van der Waals surface area contributed by atoms with Gasteiger partial charge >= 0.3 is 0 Å². The molecule has 3 aromatic carbocycles. The third kappa shape index (κ3) is 4.61. The van der Waals surface area contributed by atoms with Crippen LogP contribution < -0.4 is 10.3 Å². The molecule has 0 fully saturated rings. The van der Waals surface area contributed by atoms with Crippen LogP contribution in [0.3, 0.4) is 0 Å². The highest BCUT2D eigenvalue weighted by atomic mass is 35.5. The minimum absolute atomic E-state index is 0.0272. The first kappa shape index (κ1) is 21.4. The van der Waals surface area contributed by atoms with Gasteiger partial charge in [0, 0.05) is 15.4 Å². The predicted octanol–water partition coefficient (Wildman–Crippen LogP) is 5.95. The molecule has 1 aliphatic rings. The van der Waals surface area contributed by atoms with Crippen molar-refractivity contribution < 1.29 is 9.59 Å². The Kier molecular flexibility index (Phi) is 6.32. The lowest BCUT2D eigenvalue weighted by Crippen LogP contribution is -2.35. The van der Waals surface area contributed by atoms with Gasteiger partial charge in [-0.05, 0) is 48.9 Å². The van der Waals surface area contributed by atoms with Crippen LogP contribution in [0.5, 0.6) is 0 Å². The van der Waals surface area contributed by atoms with E-state index in [9.17, 15) is 9.59 Å². The number of benzene rings is 3. The zero-order chi connectivity index (χ0) is 22.0. The summed E-state index contributed by atoms with van der Waals surface area (Å²) in [5.41, 5.74) is 5.58. The van der Waals surface area contributed by atoms with Crippen LogP contribution in [-0.2, 0) is 4.79 Å². The second-order valence-corrected chi connectivity index (χ2v) is 8.70. The molecule has 0 unspecified atom stereocenters. The van der Waals surface area contributed by atoms with Gasteiger partial charge in [-0.2, -0.15) is 5.10 Å². The monoisotopic (exact) mass is 469 g/mol. The predicted molar refractivity (Wildman–Crippen MR) is 126 cm³/mol. The van der Waals surface area contributed by atoms with Crippen LogP contribution in [0.25, 0.3) is 0 Å². The van der Waals surface area contributed by atoms with Crippen molar-refractivity contribution in [1.29, 1.82) is 0 Å². The van der Waals surface area contributed by atoms with E-state index in [1.807, 2.05) is 30.3 Å². The second kappa shape index (κ2) is 9.14. The Balaban J connectivity index is 1.57. The third-order valence-electron chi connectivity index (χ3n) is 4.66. The van der Waals surface area contributed by atoms with Crippen LogP contribution in [0.2, 0.25) is 10.0 Å². The lowest BCUT2D eigenvalue weighted by atomic mass is 10.1. The molecule has 0 saturated heterocycles. The normalized spacial score (nSPS) is 12.4. The van der Waals surface area contributed by atoms with Crippen molar-refractivity contribution >= 4 is 64.2 Å². The van der Waals surface area contributed by atoms with Gasteiger partial charge < -0.3 is 5.43 Å². The second-order valence-electron chi connectivity index (χ2n) is 6.80. The third-order valence-corrected chi connectivity index (χ3v) is 6.53. The van der Waals surface area contributed by atoms with Crippen LogP contribution in [0, 0.1) is 0 Å². The van der Waals surface area contributed by atoms with Gasteiger partial charge in [-0.25, -0.2) is 0 Å². The fourth-order valence-electron chi connectivity index (χ4n) is 3.15. The van der Waals surface area contributed by atoms with E-state index < -0.39 is 0 Å². The van der Waals surface area contributed by atoms with Crippen molar-refractivity contribution in [3.05, 3.63) is 81.8 Å². The van der Waals surface area contributed by atoms with Crippen LogP contribution >= 0.6 is 35.0 Å². The van der Waals surface area contributed by atoms with E-state index in [2.05, 4.69) is 10.5 Å². The maximum atomic E-state index is 13.2. The summed E-state index contributed by atoms with van der Waals surface area (Å²) < 4.78 is 0. The number of hydrogen-bond donors (Lipinski definition) is 1. The van der Waals surface area contributed by atoms with Crippen LogP contribution in [0.15, 0.2) is 75.6 Å². The number of Topliss-reactive ketones (excluding diaryl/α,β-unsaturated/α-hetero) is 1. The number of para-hydroxylation sites is 1. The van der Waals surface area contributed by atoms with Gasteiger partial charge in [0.2, 0.25) is 0 Å². The highest BCUT2D eigenvalue weighted by Gasteiger charge is 2.28. The number of anilines is 2. The smallest absolute Gasteiger partial charge is 0.252 e. The molecule has 0 aliphatic carbocycles. The van der Waals surface area contributed by atoms with E-state index >= 15 is 0 Å². The number of carbonyl (C=O) groups is 2. The van der Waals surface area contributed by atoms with Crippen molar-refractivity contribution in [2.45, 2.75) is 16.7 Å². The number of nitrogens with zero attached hydrogens (tertiary/aromatic N) is 2. The molecule has 1 aliphatic heterocycles. The SMILES string of the molecule is CC(=O)c1ccc2c(c1)N(C(=O)CN/N=C/c1ccc(Cl)c(Cl)c1)c1ccccc1S2. The molecule has 0 radical (unpaired) electrons. The molecule has 1 amide bonds. The zero-order valence-corrected chi connectivity index (χ0v) is 18.8. The summed E-state index contributed by atoms with van der Waals surface area (Å²) in [5.74, 6) is -0.246.